The predicted molar refractivity (Wildman–Crippen MR) is 205 cm³/mol. The number of nitriles is 1. The molecule has 12 heteroatoms. The number of carbonyl (C=O) groups is 2. The second-order valence-electron chi connectivity index (χ2n) is 13.8. The number of hydrogen-bond donors (Lipinski definition) is 1. The lowest BCUT2D eigenvalue weighted by atomic mass is 9.68. The van der Waals surface area contributed by atoms with Gasteiger partial charge in [0.1, 0.15) is 41.7 Å². The van der Waals surface area contributed by atoms with E-state index in [-0.39, 0.29) is 47.1 Å². The van der Waals surface area contributed by atoms with E-state index in [4.69, 9.17) is 42.1 Å². The number of halogens is 2. The monoisotopic (exact) mass is 762 g/mol. The number of likely N-dealkylation sites (tertiary alicyclic amines) is 1. The van der Waals surface area contributed by atoms with E-state index in [0.717, 1.165) is 22.3 Å². The molecule has 10 nitrogen and oxygen atoms in total. The molecule has 0 saturated carbocycles. The molecular formula is C42H36Cl2N4O6. The van der Waals surface area contributed by atoms with Gasteiger partial charge in [0.05, 0.1) is 27.1 Å². The van der Waals surface area contributed by atoms with Crippen molar-refractivity contribution in [2.45, 2.75) is 38.8 Å². The summed E-state index contributed by atoms with van der Waals surface area (Å²) in [5, 5.41) is 19.4. The van der Waals surface area contributed by atoms with E-state index in [2.05, 4.69) is 48.0 Å². The minimum atomic E-state index is -0.949. The number of aryl methyl sites for hydroxylation is 1. The number of aliphatic carboxylic acids is 1. The Morgan fingerprint density at radius 3 is 2.70 bits per heavy atom. The highest BCUT2D eigenvalue weighted by Crippen LogP contribution is 2.47. The summed E-state index contributed by atoms with van der Waals surface area (Å²) in [6, 6.07) is 18.8. The molecule has 1 aliphatic carbocycles. The maximum absolute atomic E-state index is 12.1. The number of fused-ring (bicyclic) bond motifs is 1. The van der Waals surface area contributed by atoms with E-state index >= 15 is 0 Å². The normalized spacial score (nSPS) is 19.7. The fourth-order valence-electron chi connectivity index (χ4n) is 7.24. The van der Waals surface area contributed by atoms with Crippen molar-refractivity contribution in [2.24, 2.45) is 11.8 Å². The lowest BCUT2D eigenvalue weighted by Gasteiger charge is -2.37. The van der Waals surface area contributed by atoms with Gasteiger partial charge in [-0.05, 0) is 66.4 Å². The van der Waals surface area contributed by atoms with Gasteiger partial charge in [0.2, 0.25) is 5.89 Å². The maximum Gasteiger partial charge on any atom is 0.307 e. The highest BCUT2D eigenvalue weighted by Gasteiger charge is 2.45. The number of carboxylic acids is 1. The van der Waals surface area contributed by atoms with E-state index in [9.17, 15) is 20.0 Å². The van der Waals surface area contributed by atoms with E-state index < -0.39 is 11.4 Å². The summed E-state index contributed by atoms with van der Waals surface area (Å²) < 4.78 is 19.2. The molecule has 1 fully saturated rings. The van der Waals surface area contributed by atoms with Crippen LogP contribution in [0.5, 0.6) is 11.5 Å². The third-order valence-corrected chi connectivity index (χ3v) is 10.8. The average molecular weight is 764 g/mol. The van der Waals surface area contributed by atoms with Crippen LogP contribution in [0.2, 0.25) is 10.0 Å². The largest absolute Gasteiger partial charge is 0.490 e. The number of aromatic nitrogens is 2. The van der Waals surface area contributed by atoms with Crippen LogP contribution < -0.4 is 9.47 Å². The molecule has 2 aliphatic rings. The Morgan fingerprint density at radius 2 is 1.94 bits per heavy atom. The fourth-order valence-corrected chi connectivity index (χ4v) is 7.74. The Morgan fingerprint density at radius 1 is 1.11 bits per heavy atom. The van der Waals surface area contributed by atoms with Crippen molar-refractivity contribution in [3.05, 3.63) is 135 Å². The molecule has 0 radical (unpaired) electrons. The SMILES string of the molecule is Cc1ccccc1C1=CC=CC(COc2cc(OCc3cncc(C#N)c3)c(C=O)cc2Cl)(c2nc3cc(CN4CC[C@@H](C(=O)O)C4)cc(Cl)c3o2)C1C. The predicted octanol–water partition coefficient (Wildman–Crippen LogP) is 8.61. The molecular weight excluding hydrogens is 727 g/mol. The second-order valence-corrected chi connectivity index (χ2v) is 14.6. The highest BCUT2D eigenvalue weighted by atomic mass is 35.5. The van der Waals surface area contributed by atoms with Crippen molar-refractivity contribution in [1.82, 2.24) is 14.9 Å². The molecule has 0 spiro atoms. The molecule has 3 atom stereocenters. The third-order valence-electron chi connectivity index (χ3n) is 10.3. The van der Waals surface area contributed by atoms with Crippen LogP contribution in [0, 0.1) is 30.1 Å². The zero-order valence-electron chi connectivity index (χ0n) is 29.6. The molecule has 54 heavy (non-hydrogen) atoms. The van der Waals surface area contributed by atoms with E-state index in [0.29, 0.717) is 65.5 Å². The van der Waals surface area contributed by atoms with Crippen LogP contribution in [0.25, 0.3) is 16.7 Å². The van der Waals surface area contributed by atoms with Crippen LogP contribution in [-0.2, 0) is 23.4 Å². The van der Waals surface area contributed by atoms with Gasteiger partial charge >= 0.3 is 5.97 Å². The number of ether oxygens (including phenoxy) is 2. The van der Waals surface area contributed by atoms with Gasteiger partial charge in [0.15, 0.2) is 11.9 Å². The quantitative estimate of drug-likeness (QED) is 0.123. The fraction of sp³-hybridized carbons (Fsp3) is 0.262. The van der Waals surface area contributed by atoms with Crippen LogP contribution in [0.15, 0.2) is 89.6 Å². The summed E-state index contributed by atoms with van der Waals surface area (Å²) in [5.74, 6) is -0.442. The number of oxazole rings is 1. The van der Waals surface area contributed by atoms with Crippen molar-refractivity contribution < 1.29 is 28.6 Å². The highest BCUT2D eigenvalue weighted by molar-refractivity contribution is 6.34. The van der Waals surface area contributed by atoms with Gasteiger partial charge in [0, 0.05) is 43.0 Å². The van der Waals surface area contributed by atoms with Crippen LogP contribution in [-0.4, -0.2) is 51.9 Å². The van der Waals surface area contributed by atoms with E-state index in [1.54, 1.807) is 18.3 Å². The molecule has 7 rings (SSSR count). The van der Waals surface area contributed by atoms with Crippen LogP contribution >= 0.6 is 23.2 Å². The minimum absolute atomic E-state index is 0.0449. The van der Waals surface area contributed by atoms with Crippen LogP contribution in [0.4, 0.5) is 0 Å². The summed E-state index contributed by atoms with van der Waals surface area (Å²) in [6.07, 6.45) is 10.4. The van der Waals surface area contributed by atoms with Gasteiger partial charge < -0.3 is 19.0 Å². The molecule has 3 heterocycles. The minimum Gasteiger partial charge on any atom is -0.490 e. The molecule has 1 aliphatic heterocycles. The van der Waals surface area contributed by atoms with Gasteiger partial charge in [-0.15, -0.1) is 0 Å². The molecule has 274 valence electrons. The van der Waals surface area contributed by atoms with Gasteiger partial charge in [0.25, 0.3) is 0 Å². The number of carbonyl (C=O) groups excluding carboxylic acids is 1. The smallest absolute Gasteiger partial charge is 0.307 e. The van der Waals surface area contributed by atoms with Gasteiger partial charge in [-0.1, -0.05) is 72.6 Å². The van der Waals surface area contributed by atoms with Gasteiger partial charge in [-0.25, -0.2) is 4.98 Å². The third kappa shape index (κ3) is 7.35. The molecule has 1 saturated heterocycles. The van der Waals surface area contributed by atoms with Crippen molar-refractivity contribution in [3.63, 3.8) is 0 Å². The molecule has 5 aromatic rings. The topological polar surface area (TPSA) is 139 Å². The average Bonchev–Trinajstić information content (AvgIpc) is 3.83. The summed E-state index contributed by atoms with van der Waals surface area (Å²) >= 11 is 13.6. The number of allylic oxidation sites excluding steroid dienone is 3. The Kier molecular flexibility index (Phi) is 10.6. The van der Waals surface area contributed by atoms with Crippen molar-refractivity contribution in [1.29, 1.82) is 5.26 Å². The summed E-state index contributed by atoms with van der Waals surface area (Å²) in [6.45, 7) is 5.97. The zero-order chi connectivity index (χ0) is 38.0. The lowest BCUT2D eigenvalue weighted by Crippen LogP contribution is -2.40. The first kappa shape index (κ1) is 36.9. The number of aldehydes is 1. The van der Waals surface area contributed by atoms with Crippen molar-refractivity contribution >= 4 is 52.1 Å². The lowest BCUT2D eigenvalue weighted by molar-refractivity contribution is -0.141. The molecule has 2 aromatic heterocycles. The zero-order valence-corrected chi connectivity index (χ0v) is 31.1. The Hall–Kier alpha value is -5.47. The number of carboxylic acid groups (broad SMARTS) is 1. The Labute approximate surface area is 322 Å². The summed E-state index contributed by atoms with van der Waals surface area (Å²) in [7, 11) is 0. The Balaban J connectivity index is 1.23. The Bertz CT molecular complexity index is 2360. The number of hydrogen-bond acceptors (Lipinski definition) is 9. The van der Waals surface area contributed by atoms with E-state index in [1.165, 1.54) is 12.3 Å². The first-order valence-electron chi connectivity index (χ1n) is 17.5. The second kappa shape index (κ2) is 15.5. The van der Waals surface area contributed by atoms with E-state index in [1.807, 2.05) is 36.4 Å². The van der Waals surface area contributed by atoms with Crippen LogP contribution in [0.3, 0.4) is 0 Å². The molecule has 0 bridgehead atoms. The molecule has 3 aromatic carbocycles. The standard InChI is InChI=1S/C42H36Cl2N4O6/c1-25-6-3-4-7-32(25)33-8-5-10-42(26(33)2,41-47-36-14-27(13-35(44)39(36)54-41)20-48-11-9-30(21-48)40(50)51)24-53-38-16-37(31(22-49)15-34(38)43)52-23-29-12-28(17-45)18-46-19-29/h3-8,10,12-16,18-19,22,26,30H,9,11,20-21,23-24H2,1-2H3,(H,50,51)/t26?,30-,42?/m1/s1. The first-order valence-corrected chi connectivity index (χ1v) is 18.2. The van der Waals surface area contributed by atoms with Crippen molar-refractivity contribution in [2.75, 3.05) is 19.7 Å². The van der Waals surface area contributed by atoms with Crippen LogP contribution in [0.1, 0.15) is 57.4 Å². The number of nitrogens with zero attached hydrogens (tertiary/aromatic N) is 4. The number of pyridine rings is 1. The molecule has 0 amide bonds. The number of benzene rings is 3. The molecule has 1 N–H and O–H groups in total. The first-order chi connectivity index (χ1) is 26.1. The molecule has 2 unspecified atom stereocenters. The van der Waals surface area contributed by atoms with Gasteiger partial charge in [-0.2, -0.15) is 5.26 Å². The summed E-state index contributed by atoms with van der Waals surface area (Å²) in [4.78, 5) is 34.8. The van der Waals surface area contributed by atoms with Gasteiger partial charge in [-0.3, -0.25) is 19.5 Å². The number of rotatable bonds is 12. The summed E-state index contributed by atoms with van der Waals surface area (Å²) in [5.41, 5.74) is 5.51. The van der Waals surface area contributed by atoms with Crippen molar-refractivity contribution in [3.8, 4) is 17.6 Å². The maximum atomic E-state index is 12.1.